The zero-order valence-corrected chi connectivity index (χ0v) is 11.7. The number of anilines is 1. The van der Waals surface area contributed by atoms with E-state index in [4.69, 9.17) is 23.2 Å². The zero-order chi connectivity index (χ0) is 13.0. The summed E-state index contributed by atoms with van der Waals surface area (Å²) in [5, 5.41) is 13.7. The zero-order valence-electron chi connectivity index (χ0n) is 10.2. The number of hydrogen-bond acceptors (Lipinski definition) is 3. The van der Waals surface area contributed by atoms with Crippen molar-refractivity contribution in [3.8, 4) is 0 Å². The Hall–Kier alpha value is -0.510. The van der Waals surface area contributed by atoms with Crippen molar-refractivity contribution in [1.29, 1.82) is 0 Å². The summed E-state index contributed by atoms with van der Waals surface area (Å²) in [5.74, 6) is 1.57. The van der Waals surface area contributed by atoms with Crippen LogP contribution in [0.2, 0.25) is 10.0 Å². The van der Waals surface area contributed by atoms with Gasteiger partial charge in [-0.3, -0.25) is 0 Å². The highest BCUT2D eigenvalue weighted by Crippen LogP contribution is 2.30. The van der Waals surface area contributed by atoms with Gasteiger partial charge in [0.15, 0.2) is 0 Å². The molecule has 0 spiro atoms. The summed E-state index contributed by atoms with van der Waals surface area (Å²) >= 11 is 11.9. The van der Waals surface area contributed by atoms with Gasteiger partial charge in [-0.2, -0.15) is 0 Å². The lowest BCUT2D eigenvalue weighted by atomic mass is 9.79. The molecule has 100 valence electrons. The summed E-state index contributed by atoms with van der Waals surface area (Å²) in [5.41, 5.74) is 0. The Labute approximate surface area is 118 Å². The number of aliphatic hydroxyl groups excluding tert-OH is 1. The molecule has 1 aromatic rings. The topological polar surface area (TPSA) is 45.1 Å². The van der Waals surface area contributed by atoms with Crippen molar-refractivity contribution >= 4 is 29.0 Å². The summed E-state index contributed by atoms with van der Waals surface area (Å²) in [6.07, 6.45) is 6.32. The molecule has 1 aliphatic carbocycles. The fourth-order valence-electron chi connectivity index (χ4n) is 2.57. The van der Waals surface area contributed by atoms with Crippen LogP contribution >= 0.6 is 23.2 Å². The van der Waals surface area contributed by atoms with Crippen molar-refractivity contribution in [2.45, 2.75) is 25.7 Å². The van der Waals surface area contributed by atoms with Gasteiger partial charge in [-0.1, -0.05) is 36.0 Å². The molecule has 3 nitrogen and oxygen atoms in total. The second kappa shape index (κ2) is 6.60. The largest absolute Gasteiger partial charge is 0.396 e. The molecule has 0 aliphatic heterocycles. The van der Waals surface area contributed by atoms with Crippen LogP contribution < -0.4 is 5.32 Å². The maximum Gasteiger partial charge on any atom is 0.144 e. The molecule has 0 saturated heterocycles. The van der Waals surface area contributed by atoms with Crippen molar-refractivity contribution < 1.29 is 5.11 Å². The molecule has 0 amide bonds. The third kappa shape index (κ3) is 3.50. The van der Waals surface area contributed by atoms with Gasteiger partial charge in [0.2, 0.25) is 0 Å². The van der Waals surface area contributed by atoms with E-state index in [1.165, 1.54) is 12.8 Å². The highest BCUT2D eigenvalue weighted by molar-refractivity contribution is 6.35. The van der Waals surface area contributed by atoms with Gasteiger partial charge in [-0.05, 0) is 30.7 Å². The van der Waals surface area contributed by atoms with Gasteiger partial charge in [-0.15, -0.1) is 0 Å². The predicted octanol–water partition coefficient (Wildman–Crippen LogP) is 3.60. The molecule has 2 rings (SSSR count). The molecule has 5 heteroatoms. The second-order valence-electron chi connectivity index (χ2n) is 4.85. The molecule has 1 fully saturated rings. The lowest BCUT2D eigenvalue weighted by Gasteiger charge is -2.30. The molecule has 1 heterocycles. The lowest BCUT2D eigenvalue weighted by molar-refractivity contribution is 0.141. The van der Waals surface area contributed by atoms with Crippen LogP contribution in [0, 0.1) is 11.8 Å². The molecule has 2 N–H and O–H groups in total. The predicted molar refractivity (Wildman–Crippen MR) is 75.3 cm³/mol. The van der Waals surface area contributed by atoms with Crippen molar-refractivity contribution in [3.05, 3.63) is 22.3 Å². The van der Waals surface area contributed by atoms with Crippen molar-refractivity contribution in [1.82, 2.24) is 4.98 Å². The fourth-order valence-corrected chi connectivity index (χ4v) is 3.01. The first-order valence-corrected chi connectivity index (χ1v) is 7.12. The van der Waals surface area contributed by atoms with Gasteiger partial charge in [-0.25, -0.2) is 4.98 Å². The average molecular weight is 289 g/mol. The number of hydrogen-bond donors (Lipinski definition) is 2. The fraction of sp³-hybridized carbons (Fsp3) is 0.615. The maximum atomic E-state index is 9.36. The molecule has 1 aliphatic rings. The Bertz CT molecular complexity index is 401. The van der Waals surface area contributed by atoms with Gasteiger partial charge in [0, 0.05) is 19.3 Å². The number of nitrogens with one attached hydrogen (secondary N) is 1. The van der Waals surface area contributed by atoms with E-state index >= 15 is 0 Å². The highest BCUT2D eigenvalue weighted by atomic mass is 35.5. The number of nitrogens with zero attached hydrogens (tertiary/aromatic N) is 1. The third-order valence-electron chi connectivity index (χ3n) is 3.64. The first kappa shape index (κ1) is 13.9. The van der Waals surface area contributed by atoms with Gasteiger partial charge in [0.25, 0.3) is 0 Å². The smallest absolute Gasteiger partial charge is 0.144 e. The Kier molecular flexibility index (Phi) is 5.10. The van der Waals surface area contributed by atoms with E-state index in [9.17, 15) is 5.11 Å². The molecule has 1 aromatic heterocycles. The quantitative estimate of drug-likeness (QED) is 0.890. The first-order chi connectivity index (χ1) is 8.70. The van der Waals surface area contributed by atoms with E-state index in [1.54, 1.807) is 12.3 Å². The van der Waals surface area contributed by atoms with Crippen LogP contribution in [-0.4, -0.2) is 23.2 Å². The van der Waals surface area contributed by atoms with Gasteiger partial charge in [0.1, 0.15) is 5.82 Å². The van der Waals surface area contributed by atoms with Crippen molar-refractivity contribution in [3.63, 3.8) is 0 Å². The molecule has 2 atom stereocenters. The minimum Gasteiger partial charge on any atom is -0.396 e. The molecule has 2 unspecified atom stereocenters. The summed E-state index contributed by atoms with van der Waals surface area (Å²) in [4.78, 5) is 4.18. The summed E-state index contributed by atoms with van der Waals surface area (Å²) in [6, 6.07) is 1.68. The van der Waals surface area contributed by atoms with Crippen LogP contribution in [0.25, 0.3) is 0 Å². The maximum absolute atomic E-state index is 9.36. The van der Waals surface area contributed by atoms with E-state index in [0.717, 1.165) is 19.4 Å². The third-order valence-corrected chi connectivity index (χ3v) is 4.14. The Morgan fingerprint density at radius 2 is 2.00 bits per heavy atom. The van der Waals surface area contributed by atoms with E-state index in [-0.39, 0.29) is 6.61 Å². The number of rotatable bonds is 4. The van der Waals surface area contributed by atoms with Crippen LogP contribution in [0.4, 0.5) is 5.82 Å². The minimum atomic E-state index is 0.272. The van der Waals surface area contributed by atoms with Gasteiger partial charge >= 0.3 is 0 Å². The molecular weight excluding hydrogens is 271 g/mol. The standard InChI is InChI=1S/C13H18Cl2N2O/c14-11-5-12(15)13(17-7-11)16-6-9-3-1-2-4-10(9)8-18/h5,7,9-10,18H,1-4,6,8H2,(H,16,17). The monoisotopic (exact) mass is 288 g/mol. The molecule has 18 heavy (non-hydrogen) atoms. The number of aromatic nitrogens is 1. The Morgan fingerprint density at radius 1 is 1.28 bits per heavy atom. The van der Waals surface area contributed by atoms with Gasteiger partial charge < -0.3 is 10.4 Å². The van der Waals surface area contributed by atoms with Crippen molar-refractivity contribution in [2.24, 2.45) is 11.8 Å². The molecular formula is C13H18Cl2N2O. The first-order valence-electron chi connectivity index (χ1n) is 6.36. The normalized spacial score (nSPS) is 23.9. The second-order valence-corrected chi connectivity index (χ2v) is 5.70. The number of aliphatic hydroxyl groups is 1. The Morgan fingerprint density at radius 3 is 2.67 bits per heavy atom. The summed E-state index contributed by atoms with van der Waals surface area (Å²) in [6.45, 7) is 1.08. The number of pyridine rings is 1. The van der Waals surface area contributed by atoms with Crippen LogP contribution in [0.15, 0.2) is 12.3 Å². The van der Waals surface area contributed by atoms with E-state index in [2.05, 4.69) is 10.3 Å². The molecule has 0 radical (unpaired) electrons. The lowest BCUT2D eigenvalue weighted by Crippen LogP contribution is -2.28. The van der Waals surface area contributed by atoms with E-state index in [1.807, 2.05) is 0 Å². The highest BCUT2D eigenvalue weighted by Gasteiger charge is 2.24. The van der Waals surface area contributed by atoms with Gasteiger partial charge in [0.05, 0.1) is 10.0 Å². The van der Waals surface area contributed by atoms with E-state index in [0.29, 0.717) is 27.7 Å². The van der Waals surface area contributed by atoms with Crippen LogP contribution in [-0.2, 0) is 0 Å². The SMILES string of the molecule is OCC1CCCCC1CNc1ncc(Cl)cc1Cl. The summed E-state index contributed by atoms with van der Waals surface area (Å²) in [7, 11) is 0. The Balaban J connectivity index is 1.93. The molecule has 0 aromatic carbocycles. The average Bonchev–Trinajstić information content (AvgIpc) is 2.38. The number of halogens is 2. The van der Waals surface area contributed by atoms with Crippen LogP contribution in [0.5, 0.6) is 0 Å². The summed E-state index contributed by atoms with van der Waals surface area (Å²) < 4.78 is 0. The molecule has 0 bridgehead atoms. The van der Waals surface area contributed by atoms with E-state index < -0.39 is 0 Å². The van der Waals surface area contributed by atoms with Crippen molar-refractivity contribution in [2.75, 3.05) is 18.5 Å². The molecule has 1 saturated carbocycles. The minimum absolute atomic E-state index is 0.272. The van der Waals surface area contributed by atoms with Crippen LogP contribution in [0.3, 0.4) is 0 Å². The van der Waals surface area contributed by atoms with Crippen LogP contribution in [0.1, 0.15) is 25.7 Å².